The fraction of sp³-hybridized carbons (Fsp3) is 0.357. The minimum Gasteiger partial charge on any atom is -0.496 e. The maximum atomic E-state index is 5.77. The predicted molar refractivity (Wildman–Crippen MR) is 82.5 cm³/mol. The number of aromatic nitrogens is 2. The molecule has 0 radical (unpaired) electrons. The smallest absolute Gasteiger partial charge is 0.122 e. The zero-order valence-corrected chi connectivity index (χ0v) is 13.4. The van der Waals surface area contributed by atoms with E-state index in [1.165, 1.54) is 0 Å². The number of halogens is 1. The van der Waals surface area contributed by atoms with Gasteiger partial charge in [0, 0.05) is 6.54 Å². The maximum absolute atomic E-state index is 5.77. The molecule has 0 fully saturated rings. The number of rotatable bonds is 5. The van der Waals surface area contributed by atoms with Crippen LogP contribution in [-0.2, 0) is 6.54 Å². The Morgan fingerprint density at radius 3 is 2.85 bits per heavy atom. The Labute approximate surface area is 127 Å². The summed E-state index contributed by atoms with van der Waals surface area (Å²) in [7, 11) is 1.67. The van der Waals surface area contributed by atoms with Gasteiger partial charge in [-0.15, -0.1) is 0 Å². The summed E-state index contributed by atoms with van der Waals surface area (Å²) in [6, 6.07) is 5.92. The van der Waals surface area contributed by atoms with Gasteiger partial charge in [-0.05, 0) is 47.0 Å². The molecule has 0 saturated heterocycles. The second kappa shape index (κ2) is 6.39. The van der Waals surface area contributed by atoms with Gasteiger partial charge in [0.05, 0.1) is 29.5 Å². The Morgan fingerprint density at radius 1 is 1.50 bits per heavy atom. The number of nitrogens with zero attached hydrogens (tertiary/aromatic N) is 2. The molecule has 1 heterocycles. The Hall–Kier alpha value is -1.37. The van der Waals surface area contributed by atoms with Gasteiger partial charge in [0.25, 0.3) is 0 Å². The normalized spacial score (nSPS) is 12.4. The molecular weight excluding hydrogens is 320 g/mol. The quantitative estimate of drug-likeness (QED) is 0.649. The third-order valence-electron chi connectivity index (χ3n) is 3.34. The first-order chi connectivity index (χ1) is 9.62. The highest BCUT2D eigenvalue weighted by Gasteiger charge is 2.21. The van der Waals surface area contributed by atoms with Gasteiger partial charge in [-0.25, -0.2) is 5.43 Å². The van der Waals surface area contributed by atoms with Crippen molar-refractivity contribution >= 4 is 15.9 Å². The van der Waals surface area contributed by atoms with Crippen molar-refractivity contribution in [2.75, 3.05) is 7.11 Å². The highest BCUT2D eigenvalue weighted by atomic mass is 79.9. The van der Waals surface area contributed by atoms with Gasteiger partial charge in [-0.3, -0.25) is 10.5 Å². The fourth-order valence-corrected chi connectivity index (χ4v) is 2.79. The van der Waals surface area contributed by atoms with Gasteiger partial charge >= 0.3 is 0 Å². The molecule has 6 heteroatoms. The van der Waals surface area contributed by atoms with E-state index in [4.69, 9.17) is 10.6 Å². The van der Waals surface area contributed by atoms with Crippen molar-refractivity contribution in [1.29, 1.82) is 0 Å². The van der Waals surface area contributed by atoms with E-state index in [-0.39, 0.29) is 6.04 Å². The van der Waals surface area contributed by atoms with Crippen LogP contribution in [0.5, 0.6) is 5.75 Å². The van der Waals surface area contributed by atoms with Crippen LogP contribution in [-0.4, -0.2) is 16.9 Å². The first-order valence-electron chi connectivity index (χ1n) is 6.44. The summed E-state index contributed by atoms with van der Waals surface area (Å²) in [4.78, 5) is 0. The lowest BCUT2D eigenvalue weighted by Gasteiger charge is -2.19. The summed E-state index contributed by atoms with van der Waals surface area (Å²) >= 11 is 3.54. The second-order valence-electron chi connectivity index (χ2n) is 4.52. The van der Waals surface area contributed by atoms with Crippen molar-refractivity contribution < 1.29 is 4.74 Å². The maximum Gasteiger partial charge on any atom is 0.122 e. The van der Waals surface area contributed by atoms with Crippen LogP contribution in [0, 0.1) is 6.92 Å². The highest BCUT2D eigenvalue weighted by molar-refractivity contribution is 9.10. The van der Waals surface area contributed by atoms with Crippen molar-refractivity contribution in [1.82, 2.24) is 15.2 Å². The number of hydrogen-bond donors (Lipinski definition) is 2. The molecule has 20 heavy (non-hydrogen) atoms. The molecular formula is C14H19BrN4O. The molecule has 2 rings (SSSR count). The molecule has 1 atom stereocenters. The van der Waals surface area contributed by atoms with Gasteiger partial charge in [-0.2, -0.15) is 5.10 Å². The van der Waals surface area contributed by atoms with Crippen LogP contribution in [0.25, 0.3) is 0 Å². The molecule has 0 aliphatic heterocycles. The van der Waals surface area contributed by atoms with Crippen LogP contribution in [0.1, 0.15) is 29.8 Å². The lowest BCUT2D eigenvalue weighted by molar-refractivity contribution is 0.410. The van der Waals surface area contributed by atoms with Crippen LogP contribution < -0.4 is 16.0 Å². The Bertz CT molecular complexity index is 597. The summed E-state index contributed by atoms with van der Waals surface area (Å²) in [6.45, 7) is 4.84. The molecule has 0 aliphatic rings. The van der Waals surface area contributed by atoms with E-state index in [9.17, 15) is 0 Å². The van der Waals surface area contributed by atoms with Gasteiger partial charge in [0.2, 0.25) is 0 Å². The van der Waals surface area contributed by atoms with Crippen molar-refractivity contribution in [3.63, 3.8) is 0 Å². The van der Waals surface area contributed by atoms with E-state index in [0.29, 0.717) is 0 Å². The monoisotopic (exact) mass is 338 g/mol. The van der Waals surface area contributed by atoms with E-state index in [0.717, 1.165) is 33.6 Å². The number of aryl methyl sites for hydroxylation is 2. The molecule has 0 saturated carbocycles. The van der Waals surface area contributed by atoms with E-state index < -0.39 is 0 Å². The van der Waals surface area contributed by atoms with E-state index >= 15 is 0 Å². The van der Waals surface area contributed by atoms with E-state index in [1.807, 2.05) is 36.7 Å². The number of ether oxygens (including phenoxy) is 1. The van der Waals surface area contributed by atoms with Crippen molar-refractivity contribution in [2.24, 2.45) is 5.84 Å². The van der Waals surface area contributed by atoms with Crippen LogP contribution >= 0.6 is 15.9 Å². The third-order valence-corrected chi connectivity index (χ3v) is 3.95. The summed E-state index contributed by atoms with van der Waals surface area (Å²) < 4.78 is 8.23. The van der Waals surface area contributed by atoms with Gasteiger partial charge in [0.15, 0.2) is 0 Å². The number of hydrogen-bond acceptors (Lipinski definition) is 4. The number of nitrogens with two attached hydrogens (primary N) is 1. The van der Waals surface area contributed by atoms with Crippen LogP contribution in [0.2, 0.25) is 0 Å². The molecule has 3 N–H and O–H groups in total. The minimum absolute atomic E-state index is 0.152. The van der Waals surface area contributed by atoms with Gasteiger partial charge in [0.1, 0.15) is 5.75 Å². The zero-order valence-electron chi connectivity index (χ0n) is 11.9. The molecule has 1 unspecified atom stereocenters. The largest absolute Gasteiger partial charge is 0.496 e. The Kier molecular flexibility index (Phi) is 4.80. The van der Waals surface area contributed by atoms with Crippen molar-refractivity contribution in [3.05, 3.63) is 45.7 Å². The van der Waals surface area contributed by atoms with Gasteiger partial charge in [-0.1, -0.05) is 12.1 Å². The number of methoxy groups -OCH3 is 1. The van der Waals surface area contributed by atoms with Crippen LogP contribution in [0.4, 0.5) is 0 Å². The Morgan fingerprint density at radius 2 is 2.25 bits per heavy atom. The topological polar surface area (TPSA) is 65.1 Å². The molecule has 0 aliphatic carbocycles. The summed E-state index contributed by atoms with van der Waals surface area (Å²) in [5, 5.41) is 4.33. The first kappa shape index (κ1) is 15.0. The number of nitrogens with one attached hydrogen (secondary N) is 1. The molecule has 0 amide bonds. The first-order valence-corrected chi connectivity index (χ1v) is 7.23. The van der Waals surface area contributed by atoms with E-state index in [2.05, 4.69) is 26.5 Å². The lowest BCUT2D eigenvalue weighted by Crippen LogP contribution is -2.31. The summed E-state index contributed by atoms with van der Waals surface area (Å²) in [6.07, 6.45) is 1.79. The van der Waals surface area contributed by atoms with E-state index in [1.54, 1.807) is 13.3 Å². The van der Waals surface area contributed by atoms with Crippen molar-refractivity contribution in [3.8, 4) is 5.75 Å². The SMILES string of the molecule is CCn1ncc(Br)c1C(NN)c1ccc(C)c(OC)c1. The molecule has 5 nitrogen and oxygen atoms in total. The molecule has 1 aromatic carbocycles. The molecule has 1 aromatic heterocycles. The summed E-state index contributed by atoms with van der Waals surface area (Å²) in [5.41, 5.74) is 5.99. The molecule has 0 spiro atoms. The van der Waals surface area contributed by atoms with Crippen molar-refractivity contribution in [2.45, 2.75) is 26.4 Å². The number of hydrazine groups is 1. The Balaban J connectivity index is 2.49. The van der Waals surface area contributed by atoms with Gasteiger partial charge < -0.3 is 4.74 Å². The average Bonchev–Trinajstić information content (AvgIpc) is 2.83. The number of benzene rings is 1. The average molecular weight is 339 g/mol. The van der Waals surface area contributed by atoms with Crippen LogP contribution in [0.3, 0.4) is 0 Å². The highest BCUT2D eigenvalue weighted by Crippen LogP contribution is 2.31. The molecule has 0 bridgehead atoms. The third kappa shape index (κ3) is 2.72. The fourth-order valence-electron chi connectivity index (χ4n) is 2.26. The molecule has 108 valence electrons. The summed E-state index contributed by atoms with van der Waals surface area (Å²) in [5.74, 6) is 6.61. The minimum atomic E-state index is -0.152. The zero-order chi connectivity index (χ0) is 14.7. The molecule has 2 aromatic rings. The lowest BCUT2D eigenvalue weighted by atomic mass is 10.0. The standard InChI is InChI=1S/C14H19BrN4O/c1-4-19-14(11(15)8-17-19)13(18-16)10-6-5-9(2)12(7-10)20-3/h5-8,13,18H,4,16H2,1-3H3. The van der Waals surface area contributed by atoms with Crippen LogP contribution in [0.15, 0.2) is 28.9 Å². The predicted octanol–water partition coefficient (Wildman–Crippen LogP) is 2.54. The second-order valence-corrected chi connectivity index (χ2v) is 5.38.